The second-order valence-electron chi connectivity index (χ2n) is 7.94. The Bertz CT molecular complexity index is 1180. The quantitative estimate of drug-likeness (QED) is 0.213. The van der Waals surface area contributed by atoms with E-state index in [9.17, 15) is 18.0 Å². The molecule has 0 saturated heterocycles. The van der Waals surface area contributed by atoms with Gasteiger partial charge in [-0.05, 0) is 35.8 Å². The molecule has 0 saturated carbocycles. The number of hydrogen-bond donors (Lipinski definition) is 1. The van der Waals surface area contributed by atoms with E-state index in [1.165, 1.54) is 12.1 Å². The van der Waals surface area contributed by atoms with E-state index < -0.39 is 17.6 Å². The molecule has 1 heterocycles. The summed E-state index contributed by atoms with van der Waals surface area (Å²) in [6.45, 7) is 2.15. The van der Waals surface area contributed by atoms with Crippen LogP contribution < -0.4 is 10.1 Å². The number of alkyl halides is 3. The van der Waals surface area contributed by atoms with Crippen molar-refractivity contribution in [2.45, 2.75) is 26.1 Å². The second-order valence-corrected chi connectivity index (χ2v) is 7.94. The molecule has 0 atom stereocenters. The Balaban J connectivity index is 1.48. The lowest BCUT2D eigenvalue weighted by Crippen LogP contribution is -2.28. The van der Waals surface area contributed by atoms with E-state index in [0.717, 1.165) is 29.0 Å². The van der Waals surface area contributed by atoms with Crippen LogP contribution in [0.3, 0.4) is 0 Å². The van der Waals surface area contributed by atoms with Crippen LogP contribution in [0.4, 0.5) is 13.2 Å². The molecule has 0 unspecified atom stereocenters. The fourth-order valence-corrected chi connectivity index (χ4v) is 3.28. The fraction of sp³-hybridized carbons (Fsp3) is 0.259. The molecule has 36 heavy (non-hydrogen) atoms. The predicted octanol–water partition coefficient (Wildman–Crippen LogP) is 5.58. The molecule has 6 nitrogen and oxygen atoms in total. The largest absolute Gasteiger partial charge is 0.469 e. The van der Waals surface area contributed by atoms with Crippen molar-refractivity contribution in [3.8, 4) is 5.88 Å². The van der Waals surface area contributed by atoms with E-state index in [4.69, 9.17) is 9.57 Å². The summed E-state index contributed by atoms with van der Waals surface area (Å²) in [5.41, 5.74) is 2.45. The number of rotatable bonds is 11. The highest BCUT2D eigenvalue weighted by molar-refractivity contribution is 6.00. The Morgan fingerprint density at radius 1 is 1.11 bits per heavy atom. The third kappa shape index (κ3) is 8.04. The Kier molecular flexibility index (Phi) is 9.32. The van der Waals surface area contributed by atoms with Crippen molar-refractivity contribution in [3.05, 3.63) is 95.2 Å². The molecular weight excluding hydrogens is 471 g/mol. The maximum absolute atomic E-state index is 12.6. The molecule has 3 rings (SSSR count). The third-order valence-electron chi connectivity index (χ3n) is 5.20. The summed E-state index contributed by atoms with van der Waals surface area (Å²) >= 11 is 0. The summed E-state index contributed by atoms with van der Waals surface area (Å²) in [4.78, 5) is 17.6. The molecule has 190 valence electrons. The maximum Gasteiger partial charge on any atom is 0.416 e. The smallest absolute Gasteiger partial charge is 0.416 e. The molecule has 0 aliphatic carbocycles. The van der Waals surface area contributed by atoms with Crippen LogP contribution in [0, 0.1) is 0 Å². The first kappa shape index (κ1) is 26.6. The third-order valence-corrected chi connectivity index (χ3v) is 5.20. The minimum absolute atomic E-state index is 0.0986. The van der Waals surface area contributed by atoms with Crippen molar-refractivity contribution < 1.29 is 27.5 Å². The van der Waals surface area contributed by atoms with Crippen LogP contribution in [-0.4, -0.2) is 29.4 Å². The van der Waals surface area contributed by atoms with Crippen molar-refractivity contribution in [1.82, 2.24) is 9.88 Å². The SMILES string of the molecule is CCC(=NOCC=Cc1ccccc1)c1cc(OCC(=O)NCc2ccc(C(F)(F)F)cc2)n(C)c1. The number of carbonyl (C=O) groups is 1. The number of nitrogens with zero attached hydrogens (tertiary/aromatic N) is 2. The summed E-state index contributed by atoms with van der Waals surface area (Å²) < 4.78 is 45.3. The first-order valence-electron chi connectivity index (χ1n) is 11.4. The molecule has 0 bridgehead atoms. The average molecular weight is 500 g/mol. The number of aromatic nitrogens is 1. The minimum Gasteiger partial charge on any atom is -0.469 e. The number of carbonyl (C=O) groups excluding carboxylic acids is 1. The number of ether oxygens (including phenoxy) is 1. The lowest BCUT2D eigenvalue weighted by molar-refractivity contribution is -0.137. The molecule has 0 spiro atoms. The van der Waals surface area contributed by atoms with Gasteiger partial charge >= 0.3 is 6.18 Å². The highest BCUT2D eigenvalue weighted by atomic mass is 19.4. The van der Waals surface area contributed by atoms with Crippen molar-refractivity contribution in [2.75, 3.05) is 13.2 Å². The van der Waals surface area contributed by atoms with E-state index in [0.29, 0.717) is 24.5 Å². The van der Waals surface area contributed by atoms with E-state index >= 15 is 0 Å². The molecule has 0 aliphatic heterocycles. The number of benzene rings is 2. The normalized spacial score (nSPS) is 12.1. The molecule has 1 N–H and O–H groups in total. The van der Waals surface area contributed by atoms with Crippen molar-refractivity contribution >= 4 is 17.7 Å². The number of hydrogen-bond acceptors (Lipinski definition) is 4. The summed E-state index contributed by atoms with van der Waals surface area (Å²) in [5, 5.41) is 6.86. The topological polar surface area (TPSA) is 64.8 Å². The average Bonchev–Trinajstić information content (AvgIpc) is 3.24. The molecule has 1 aromatic heterocycles. The van der Waals surface area contributed by atoms with E-state index in [1.807, 2.05) is 55.6 Å². The standard InChI is InChI=1S/C27H28F3N3O3/c1-3-24(32-36-15-7-10-20-8-5-4-6-9-20)22-16-26(33(2)18-22)35-19-25(34)31-17-21-11-13-23(14-12-21)27(28,29)30/h4-14,16,18H,3,15,17,19H2,1-2H3,(H,31,34). The van der Waals surface area contributed by atoms with Gasteiger partial charge in [0.25, 0.3) is 5.91 Å². The first-order valence-corrected chi connectivity index (χ1v) is 11.4. The van der Waals surface area contributed by atoms with E-state index in [1.54, 1.807) is 17.7 Å². The highest BCUT2D eigenvalue weighted by Crippen LogP contribution is 2.29. The van der Waals surface area contributed by atoms with Gasteiger partial charge in [0.15, 0.2) is 12.5 Å². The molecule has 0 radical (unpaired) electrons. The monoisotopic (exact) mass is 499 g/mol. The molecule has 0 aliphatic rings. The number of oxime groups is 1. The fourth-order valence-electron chi connectivity index (χ4n) is 3.28. The zero-order valence-electron chi connectivity index (χ0n) is 20.1. The van der Waals surface area contributed by atoms with Crippen LogP contribution in [0.5, 0.6) is 5.88 Å². The maximum atomic E-state index is 12.6. The Morgan fingerprint density at radius 3 is 2.50 bits per heavy atom. The number of halogens is 3. The van der Waals surface area contributed by atoms with Crippen molar-refractivity contribution in [1.29, 1.82) is 0 Å². The van der Waals surface area contributed by atoms with Gasteiger partial charge in [-0.25, -0.2) is 0 Å². The van der Waals surface area contributed by atoms with Gasteiger partial charge < -0.3 is 19.5 Å². The molecule has 3 aromatic rings. The molecule has 0 fully saturated rings. The van der Waals surface area contributed by atoms with Crippen LogP contribution in [0.25, 0.3) is 6.08 Å². The zero-order chi connectivity index (χ0) is 26.0. The van der Waals surface area contributed by atoms with Gasteiger partial charge in [-0.15, -0.1) is 0 Å². The lowest BCUT2D eigenvalue weighted by Gasteiger charge is -2.09. The summed E-state index contributed by atoms with van der Waals surface area (Å²) in [6, 6.07) is 16.3. The van der Waals surface area contributed by atoms with Crippen LogP contribution in [0.1, 0.15) is 35.6 Å². The van der Waals surface area contributed by atoms with Crippen molar-refractivity contribution in [2.24, 2.45) is 12.2 Å². The van der Waals surface area contributed by atoms with Crippen LogP contribution in [0.15, 0.2) is 78.1 Å². The molecular formula is C27H28F3N3O3. The Morgan fingerprint density at radius 2 is 1.83 bits per heavy atom. The van der Waals surface area contributed by atoms with Gasteiger partial charge in [0.1, 0.15) is 6.61 Å². The Hall–Kier alpha value is -4.01. The van der Waals surface area contributed by atoms with Crippen LogP contribution in [0.2, 0.25) is 0 Å². The van der Waals surface area contributed by atoms with Gasteiger partial charge in [0.2, 0.25) is 0 Å². The van der Waals surface area contributed by atoms with Gasteiger partial charge in [-0.1, -0.05) is 60.6 Å². The zero-order valence-corrected chi connectivity index (χ0v) is 20.1. The minimum atomic E-state index is -4.39. The highest BCUT2D eigenvalue weighted by Gasteiger charge is 2.29. The predicted molar refractivity (Wildman–Crippen MR) is 132 cm³/mol. The summed E-state index contributed by atoms with van der Waals surface area (Å²) in [5.74, 6) is 0.0790. The van der Waals surface area contributed by atoms with E-state index in [-0.39, 0.29) is 13.2 Å². The van der Waals surface area contributed by atoms with Crippen LogP contribution >= 0.6 is 0 Å². The van der Waals surface area contributed by atoms with Crippen LogP contribution in [-0.2, 0) is 29.4 Å². The van der Waals surface area contributed by atoms with Gasteiger partial charge in [0.05, 0.1) is 11.3 Å². The summed E-state index contributed by atoms with van der Waals surface area (Å²) in [7, 11) is 1.79. The molecule has 2 aromatic carbocycles. The molecule has 9 heteroatoms. The number of amides is 1. The first-order chi connectivity index (χ1) is 17.3. The van der Waals surface area contributed by atoms with E-state index in [2.05, 4.69) is 10.5 Å². The molecule has 1 amide bonds. The number of nitrogens with one attached hydrogen (secondary N) is 1. The van der Waals surface area contributed by atoms with Gasteiger partial charge in [-0.3, -0.25) is 4.79 Å². The summed E-state index contributed by atoms with van der Waals surface area (Å²) in [6.07, 6.45) is 1.92. The lowest BCUT2D eigenvalue weighted by atomic mass is 10.1. The van der Waals surface area contributed by atoms with Crippen molar-refractivity contribution in [3.63, 3.8) is 0 Å². The number of aryl methyl sites for hydroxylation is 1. The Labute approximate surface area is 208 Å². The van der Waals surface area contributed by atoms with Gasteiger partial charge in [-0.2, -0.15) is 13.2 Å². The second kappa shape index (κ2) is 12.6. The van der Waals surface area contributed by atoms with Gasteiger partial charge in [0, 0.05) is 31.4 Å².